The molecule has 0 saturated heterocycles. The highest BCUT2D eigenvalue weighted by atomic mass is 32.1. The zero-order valence-electron chi connectivity index (χ0n) is 11.8. The monoisotopic (exact) mass is 277 g/mol. The molecule has 2 heterocycles. The molecule has 4 nitrogen and oxygen atoms in total. The Morgan fingerprint density at radius 1 is 1.42 bits per heavy atom. The van der Waals surface area contributed by atoms with E-state index in [1.54, 1.807) is 20.9 Å². The first-order chi connectivity index (χ1) is 9.01. The maximum atomic E-state index is 12.4. The molecule has 0 bridgehead atoms. The second-order valence-electron chi connectivity index (χ2n) is 4.66. The molecule has 0 aromatic carbocycles. The molecular formula is C14H19N3OS. The van der Waals surface area contributed by atoms with E-state index in [-0.39, 0.29) is 5.91 Å². The van der Waals surface area contributed by atoms with Gasteiger partial charge in [-0.25, -0.2) is 0 Å². The summed E-state index contributed by atoms with van der Waals surface area (Å²) in [5.41, 5.74) is 1.54. The molecule has 0 saturated carbocycles. The molecule has 0 unspecified atom stereocenters. The second kappa shape index (κ2) is 5.57. The zero-order chi connectivity index (χ0) is 14.0. The Balaban J connectivity index is 2.14. The average Bonchev–Trinajstić information content (AvgIpc) is 2.94. The van der Waals surface area contributed by atoms with Gasteiger partial charge in [0, 0.05) is 23.3 Å². The number of thiophene rings is 1. The van der Waals surface area contributed by atoms with E-state index in [0.717, 1.165) is 5.69 Å². The average molecular weight is 277 g/mol. The molecule has 2 aromatic rings. The summed E-state index contributed by atoms with van der Waals surface area (Å²) in [6.45, 7) is 7.33. The van der Waals surface area contributed by atoms with Crippen molar-refractivity contribution >= 4 is 17.2 Å². The lowest BCUT2D eigenvalue weighted by Crippen LogP contribution is -2.28. The molecule has 102 valence electrons. The van der Waals surface area contributed by atoms with Crippen LogP contribution in [0, 0.1) is 13.8 Å². The van der Waals surface area contributed by atoms with Crippen molar-refractivity contribution in [3.05, 3.63) is 39.3 Å². The van der Waals surface area contributed by atoms with E-state index < -0.39 is 0 Å². The van der Waals surface area contributed by atoms with Gasteiger partial charge < -0.3 is 4.90 Å². The van der Waals surface area contributed by atoms with E-state index >= 15 is 0 Å². The molecule has 0 atom stereocenters. The van der Waals surface area contributed by atoms with Crippen molar-refractivity contribution in [2.75, 3.05) is 7.05 Å². The first-order valence-corrected chi connectivity index (χ1v) is 7.18. The van der Waals surface area contributed by atoms with Gasteiger partial charge in [-0.2, -0.15) is 5.10 Å². The minimum absolute atomic E-state index is 0.0218. The fourth-order valence-corrected chi connectivity index (χ4v) is 2.97. The van der Waals surface area contributed by atoms with Crippen molar-refractivity contribution in [1.82, 2.24) is 14.7 Å². The molecule has 0 N–H and O–H groups in total. The smallest absolute Gasteiger partial charge is 0.272 e. The van der Waals surface area contributed by atoms with Gasteiger partial charge in [-0.1, -0.05) is 0 Å². The minimum atomic E-state index is 0.0218. The Morgan fingerprint density at radius 3 is 2.74 bits per heavy atom. The Labute approximate surface area is 117 Å². The number of aromatic nitrogens is 2. The van der Waals surface area contributed by atoms with Gasteiger partial charge in [0.15, 0.2) is 0 Å². The Morgan fingerprint density at radius 2 is 2.16 bits per heavy atom. The third-order valence-corrected chi connectivity index (χ3v) is 3.94. The number of amides is 1. The predicted octanol–water partition coefficient (Wildman–Crippen LogP) is 2.85. The van der Waals surface area contributed by atoms with Crippen LogP contribution in [0.5, 0.6) is 0 Å². The number of carbonyl (C=O) groups is 1. The van der Waals surface area contributed by atoms with Crippen LogP contribution in [-0.4, -0.2) is 27.6 Å². The van der Waals surface area contributed by atoms with E-state index in [1.165, 1.54) is 9.75 Å². The van der Waals surface area contributed by atoms with Crippen LogP contribution in [0.3, 0.4) is 0 Å². The summed E-state index contributed by atoms with van der Waals surface area (Å²) in [5.74, 6) is 0.0218. The summed E-state index contributed by atoms with van der Waals surface area (Å²) in [5, 5.41) is 4.32. The molecule has 1 amide bonds. The molecule has 2 aromatic heterocycles. The summed E-state index contributed by atoms with van der Waals surface area (Å²) in [7, 11) is 1.83. The summed E-state index contributed by atoms with van der Waals surface area (Å²) < 4.78 is 1.76. The first-order valence-electron chi connectivity index (χ1n) is 6.36. The van der Waals surface area contributed by atoms with Crippen LogP contribution >= 0.6 is 11.3 Å². The quantitative estimate of drug-likeness (QED) is 0.862. The zero-order valence-corrected chi connectivity index (χ0v) is 12.6. The van der Waals surface area contributed by atoms with Crippen LogP contribution in [0.1, 0.15) is 32.9 Å². The number of rotatable bonds is 4. The summed E-state index contributed by atoms with van der Waals surface area (Å²) in [6.07, 6.45) is 0. The van der Waals surface area contributed by atoms with Gasteiger partial charge in [0.1, 0.15) is 5.69 Å². The van der Waals surface area contributed by atoms with Crippen molar-refractivity contribution in [2.45, 2.75) is 33.9 Å². The maximum Gasteiger partial charge on any atom is 0.272 e. The van der Waals surface area contributed by atoms with E-state index in [9.17, 15) is 4.79 Å². The predicted molar refractivity (Wildman–Crippen MR) is 77.5 cm³/mol. The molecule has 0 aliphatic rings. The van der Waals surface area contributed by atoms with E-state index in [1.807, 2.05) is 27.0 Å². The molecular weight excluding hydrogens is 258 g/mol. The van der Waals surface area contributed by atoms with Crippen LogP contribution < -0.4 is 0 Å². The molecule has 19 heavy (non-hydrogen) atoms. The SMILES string of the molecule is CCn1nc(C)cc1C(=O)N(C)Cc1ccc(C)s1. The van der Waals surface area contributed by atoms with Crippen LogP contribution in [0.4, 0.5) is 0 Å². The lowest BCUT2D eigenvalue weighted by atomic mass is 10.3. The molecule has 5 heteroatoms. The second-order valence-corrected chi connectivity index (χ2v) is 6.03. The van der Waals surface area contributed by atoms with E-state index in [0.29, 0.717) is 18.8 Å². The Bertz CT molecular complexity index is 585. The number of hydrogen-bond acceptors (Lipinski definition) is 3. The van der Waals surface area contributed by atoms with Gasteiger partial charge in [-0.3, -0.25) is 9.48 Å². The van der Waals surface area contributed by atoms with Gasteiger partial charge in [0.25, 0.3) is 5.91 Å². The third kappa shape index (κ3) is 3.04. The number of carbonyl (C=O) groups excluding carboxylic acids is 1. The Kier molecular flexibility index (Phi) is 4.04. The van der Waals surface area contributed by atoms with Crippen LogP contribution in [0.25, 0.3) is 0 Å². The molecule has 2 rings (SSSR count). The topological polar surface area (TPSA) is 38.1 Å². The summed E-state index contributed by atoms with van der Waals surface area (Å²) in [4.78, 5) is 16.6. The molecule has 0 aliphatic heterocycles. The maximum absolute atomic E-state index is 12.4. The summed E-state index contributed by atoms with van der Waals surface area (Å²) in [6, 6.07) is 6.01. The molecule has 0 radical (unpaired) electrons. The summed E-state index contributed by atoms with van der Waals surface area (Å²) >= 11 is 1.73. The van der Waals surface area contributed by atoms with Crippen molar-refractivity contribution in [3.63, 3.8) is 0 Å². The Hall–Kier alpha value is -1.62. The molecule has 0 fully saturated rings. The van der Waals surface area contributed by atoms with Crippen molar-refractivity contribution in [2.24, 2.45) is 0 Å². The highest BCUT2D eigenvalue weighted by Crippen LogP contribution is 2.17. The first kappa shape index (κ1) is 13.8. The standard InChI is InChI=1S/C14H19N3OS/c1-5-17-13(8-10(2)15-17)14(18)16(4)9-12-7-6-11(3)19-12/h6-8H,5,9H2,1-4H3. The normalized spacial score (nSPS) is 10.7. The molecule has 0 spiro atoms. The van der Waals surface area contributed by atoms with E-state index in [4.69, 9.17) is 0 Å². The van der Waals surface area contributed by atoms with Gasteiger partial charge in [-0.15, -0.1) is 11.3 Å². The van der Waals surface area contributed by atoms with Gasteiger partial charge >= 0.3 is 0 Å². The number of nitrogens with zero attached hydrogens (tertiary/aromatic N) is 3. The lowest BCUT2D eigenvalue weighted by molar-refractivity contribution is 0.0774. The minimum Gasteiger partial charge on any atom is -0.335 e. The van der Waals surface area contributed by atoms with E-state index in [2.05, 4.69) is 24.2 Å². The molecule has 0 aliphatic carbocycles. The van der Waals surface area contributed by atoms with Crippen LogP contribution in [-0.2, 0) is 13.1 Å². The van der Waals surface area contributed by atoms with Gasteiger partial charge in [0.2, 0.25) is 0 Å². The van der Waals surface area contributed by atoms with Crippen molar-refractivity contribution < 1.29 is 4.79 Å². The number of aryl methyl sites for hydroxylation is 3. The van der Waals surface area contributed by atoms with Crippen LogP contribution in [0.2, 0.25) is 0 Å². The fraction of sp³-hybridized carbons (Fsp3) is 0.429. The van der Waals surface area contributed by atoms with Crippen molar-refractivity contribution in [3.8, 4) is 0 Å². The third-order valence-electron chi connectivity index (χ3n) is 2.96. The van der Waals surface area contributed by atoms with Gasteiger partial charge in [-0.05, 0) is 39.0 Å². The highest BCUT2D eigenvalue weighted by molar-refractivity contribution is 7.11. The van der Waals surface area contributed by atoms with Crippen LogP contribution in [0.15, 0.2) is 18.2 Å². The van der Waals surface area contributed by atoms with Crippen molar-refractivity contribution in [1.29, 1.82) is 0 Å². The largest absolute Gasteiger partial charge is 0.335 e. The highest BCUT2D eigenvalue weighted by Gasteiger charge is 2.17. The fourth-order valence-electron chi connectivity index (χ4n) is 2.03. The van der Waals surface area contributed by atoms with Gasteiger partial charge in [0.05, 0.1) is 12.2 Å². The lowest BCUT2D eigenvalue weighted by Gasteiger charge is -2.16. The number of hydrogen-bond donors (Lipinski definition) is 0.